The van der Waals surface area contributed by atoms with Gasteiger partial charge in [-0.05, 0) is 30.3 Å². The summed E-state index contributed by atoms with van der Waals surface area (Å²) in [4.78, 5) is 19.6. The van der Waals surface area contributed by atoms with Crippen LogP contribution in [0.5, 0.6) is 0 Å². The van der Waals surface area contributed by atoms with Gasteiger partial charge in [-0.25, -0.2) is 13.4 Å². The fraction of sp³-hybridized carbons (Fsp3) is 0.238. The minimum Gasteiger partial charge on any atom is -0.411 e. The normalized spacial score (nSPS) is 12.0. The number of nitrogens with zero attached hydrogens (tertiary/aromatic N) is 4. The SMILES string of the molecule is CCN(CC)S(=O)(=O)c1cccc(-c2nnc(SCc3nc4ccccc4c(=O)[nH]3)o2)c1. The summed E-state index contributed by atoms with van der Waals surface area (Å²) in [7, 11) is -3.60. The average molecular weight is 472 g/mol. The van der Waals surface area contributed by atoms with Gasteiger partial charge in [0, 0.05) is 18.7 Å². The highest BCUT2D eigenvalue weighted by Gasteiger charge is 2.22. The maximum atomic E-state index is 12.8. The fourth-order valence-electron chi connectivity index (χ4n) is 3.22. The molecule has 4 aromatic rings. The molecule has 0 aliphatic heterocycles. The zero-order valence-corrected chi connectivity index (χ0v) is 19.1. The molecule has 0 fully saturated rings. The van der Waals surface area contributed by atoms with Gasteiger partial charge in [-0.3, -0.25) is 4.79 Å². The largest absolute Gasteiger partial charge is 0.411 e. The maximum Gasteiger partial charge on any atom is 0.277 e. The van der Waals surface area contributed by atoms with Gasteiger partial charge < -0.3 is 9.40 Å². The number of thioether (sulfide) groups is 1. The molecule has 4 rings (SSSR count). The lowest BCUT2D eigenvalue weighted by Crippen LogP contribution is -2.30. The molecular formula is C21H21N5O4S2. The number of hydrogen-bond acceptors (Lipinski definition) is 8. The standard InChI is InChI=1S/C21H21N5O4S2/c1-3-26(4-2)32(28,29)15-9-7-8-14(12-15)20-24-25-21(30-20)31-13-18-22-17-11-6-5-10-16(17)19(27)23-18/h5-12H,3-4,13H2,1-2H3,(H,22,23,27). The van der Waals surface area contributed by atoms with E-state index in [0.717, 1.165) is 0 Å². The molecule has 0 atom stereocenters. The zero-order valence-electron chi connectivity index (χ0n) is 17.5. The number of hydrogen-bond donors (Lipinski definition) is 1. The summed E-state index contributed by atoms with van der Waals surface area (Å²) < 4.78 is 32.7. The highest BCUT2D eigenvalue weighted by molar-refractivity contribution is 7.98. The summed E-state index contributed by atoms with van der Waals surface area (Å²) in [6.07, 6.45) is 0. The van der Waals surface area contributed by atoms with E-state index in [9.17, 15) is 13.2 Å². The average Bonchev–Trinajstić information content (AvgIpc) is 3.28. The van der Waals surface area contributed by atoms with Crippen molar-refractivity contribution in [2.75, 3.05) is 13.1 Å². The number of rotatable bonds is 8. The molecule has 2 heterocycles. The molecule has 0 saturated carbocycles. The van der Waals surface area contributed by atoms with Crippen LogP contribution in [0.25, 0.3) is 22.4 Å². The minimum absolute atomic E-state index is 0.170. The molecule has 0 aliphatic rings. The first-order chi connectivity index (χ1) is 15.4. The van der Waals surface area contributed by atoms with Crippen LogP contribution in [0.4, 0.5) is 0 Å². The van der Waals surface area contributed by atoms with Crippen LogP contribution in [-0.4, -0.2) is 46.0 Å². The second kappa shape index (κ2) is 9.23. The van der Waals surface area contributed by atoms with E-state index in [0.29, 0.717) is 41.1 Å². The number of aromatic amines is 1. The summed E-state index contributed by atoms with van der Waals surface area (Å²) >= 11 is 1.23. The first kappa shape index (κ1) is 22.2. The van der Waals surface area contributed by atoms with Crippen molar-refractivity contribution in [2.45, 2.75) is 29.7 Å². The van der Waals surface area contributed by atoms with Crippen LogP contribution < -0.4 is 5.56 Å². The first-order valence-electron chi connectivity index (χ1n) is 9.97. The van der Waals surface area contributed by atoms with Gasteiger partial charge in [0.2, 0.25) is 15.9 Å². The summed E-state index contributed by atoms with van der Waals surface area (Å²) in [6, 6.07) is 13.5. The number of fused-ring (bicyclic) bond motifs is 1. The van der Waals surface area contributed by atoms with Gasteiger partial charge in [-0.15, -0.1) is 10.2 Å². The first-order valence-corrected chi connectivity index (χ1v) is 12.4. The highest BCUT2D eigenvalue weighted by atomic mass is 32.2. The Hall–Kier alpha value is -3.02. The van der Waals surface area contributed by atoms with Crippen LogP contribution in [0.2, 0.25) is 0 Å². The van der Waals surface area contributed by atoms with E-state index in [-0.39, 0.29) is 21.6 Å². The Balaban J connectivity index is 1.53. The molecule has 0 unspecified atom stereocenters. The topological polar surface area (TPSA) is 122 Å². The van der Waals surface area contributed by atoms with Crippen molar-refractivity contribution in [3.8, 4) is 11.5 Å². The molecule has 0 radical (unpaired) electrons. The van der Waals surface area contributed by atoms with Crippen LogP contribution in [-0.2, 0) is 15.8 Å². The van der Waals surface area contributed by atoms with E-state index in [1.807, 2.05) is 6.07 Å². The molecule has 0 amide bonds. The van der Waals surface area contributed by atoms with Crippen LogP contribution in [0.3, 0.4) is 0 Å². The van der Waals surface area contributed by atoms with E-state index in [2.05, 4.69) is 20.2 Å². The molecule has 0 spiro atoms. The van der Waals surface area contributed by atoms with Crippen LogP contribution in [0.15, 0.2) is 67.9 Å². The lowest BCUT2D eigenvalue weighted by atomic mass is 10.2. The lowest BCUT2D eigenvalue weighted by molar-refractivity contribution is 0.445. The Kier molecular flexibility index (Phi) is 6.40. The molecule has 2 aromatic heterocycles. The van der Waals surface area contributed by atoms with Gasteiger partial charge in [0.05, 0.1) is 21.6 Å². The molecule has 11 heteroatoms. The van der Waals surface area contributed by atoms with Gasteiger partial charge in [0.15, 0.2) is 0 Å². The van der Waals surface area contributed by atoms with E-state index < -0.39 is 10.0 Å². The minimum atomic E-state index is -3.60. The van der Waals surface area contributed by atoms with Crippen molar-refractivity contribution in [1.82, 2.24) is 24.5 Å². The van der Waals surface area contributed by atoms with Crippen molar-refractivity contribution in [3.63, 3.8) is 0 Å². The van der Waals surface area contributed by atoms with Crippen molar-refractivity contribution >= 4 is 32.7 Å². The second-order valence-corrected chi connectivity index (χ2v) is 9.67. The highest BCUT2D eigenvalue weighted by Crippen LogP contribution is 2.27. The molecule has 1 N–H and O–H groups in total. The van der Waals surface area contributed by atoms with Gasteiger partial charge in [0.25, 0.3) is 10.8 Å². The van der Waals surface area contributed by atoms with E-state index >= 15 is 0 Å². The second-order valence-electron chi connectivity index (χ2n) is 6.81. The molecule has 2 aromatic carbocycles. The van der Waals surface area contributed by atoms with Crippen LogP contribution in [0, 0.1) is 0 Å². The number of aromatic nitrogens is 4. The Morgan fingerprint density at radius 1 is 1.06 bits per heavy atom. The number of benzene rings is 2. The third kappa shape index (κ3) is 4.45. The number of H-pyrrole nitrogens is 1. The van der Waals surface area contributed by atoms with E-state index in [1.165, 1.54) is 22.1 Å². The number of para-hydroxylation sites is 1. The Bertz CT molecular complexity index is 1410. The Morgan fingerprint density at radius 2 is 1.84 bits per heavy atom. The predicted octanol–water partition coefficient (Wildman–Crippen LogP) is 3.30. The molecular weight excluding hydrogens is 450 g/mol. The van der Waals surface area contributed by atoms with Crippen molar-refractivity contribution in [2.24, 2.45) is 0 Å². The van der Waals surface area contributed by atoms with Crippen LogP contribution >= 0.6 is 11.8 Å². The third-order valence-corrected chi connectivity index (χ3v) is 7.70. The van der Waals surface area contributed by atoms with Gasteiger partial charge in [-0.2, -0.15) is 4.31 Å². The van der Waals surface area contributed by atoms with Gasteiger partial charge >= 0.3 is 0 Å². The maximum absolute atomic E-state index is 12.8. The fourth-order valence-corrected chi connectivity index (χ4v) is 5.36. The smallest absolute Gasteiger partial charge is 0.277 e. The van der Waals surface area contributed by atoms with Gasteiger partial charge in [0.1, 0.15) is 5.82 Å². The molecule has 166 valence electrons. The van der Waals surface area contributed by atoms with Crippen molar-refractivity contribution < 1.29 is 12.8 Å². The molecule has 9 nitrogen and oxygen atoms in total. The molecule has 0 saturated heterocycles. The number of nitrogens with one attached hydrogen (secondary N) is 1. The van der Waals surface area contributed by atoms with Crippen molar-refractivity contribution in [3.05, 3.63) is 64.7 Å². The monoisotopic (exact) mass is 471 g/mol. The lowest BCUT2D eigenvalue weighted by Gasteiger charge is -2.18. The van der Waals surface area contributed by atoms with Crippen molar-refractivity contribution in [1.29, 1.82) is 0 Å². The summed E-state index contributed by atoms with van der Waals surface area (Å²) in [5, 5.41) is 8.87. The Labute approximate surface area is 188 Å². The van der Waals surface area contributed by atoms with Gasteiger partial charge in [-0.1, -0.05) is 43.8 Å². The summed E-state index contributed by atoms with van der Waals surface area (Å²) in [5.74, 6) is 1.03. The van der Waals surface area contributed by atoms with E-state index in [1.54, 1.807) is 50.2 Å². The summed E-state index contributed by atoms with van der Waals surface area (Å²) in [5.41, 5.74) is 0.919. The Morgan fingerprint density at radius 3 is 2.62 bits per heavy atom. The molecule has 0 bridgehead atoms. The van der Waals surface area contributed by atoms with E-state index in [4.69, 9.17) is 4.42 Å². The zero-order chi connectivity index (χ0) is 22.7. The predicted molar refractivity (Wildman–Crippen MR) is 122 cm³/mol. The quantitative estimate of drug-likeness (QED) is 0.389. The number of sulfonamides is 1. The molecule has 0 aliphatic carbocycles. The third-order valence-electron chi connectivity index (χ3n) is 4.82. The summed E-state index contributed by atoms with van der Waals surface area (Å²) in [6.45, 7) is 4.36. The van der Waals surface area contributed by atoms with Crippen LogP contribution in [0.1, 0.15) is 19.7 Å². The molecule has 32 heavy (non-hydrogen) atoms.